The highest BCUT2D eigenvalue weighted by Crippen LogP contribution is 2.18. The number of benzene rings is 1. The number of hydrogen-bond acceptors (Lipinski definition) is 3. The van der Waals surface area contributed by atoms with Crippen LogP contribution in [0.5, 0.6) is 0 Å². The highest BCUT2D eigenvalue weighted by atomic mass is 16.2. The Morgan fingerprint density at radius 2 is 2.05 bits per heavy atom. The van der Waals surface area contributed by atoms with Crippen LogP contribution in [-0.2, 0) is 13.6 Å². The molecule has 2 amide bonds. The Kier molecular flexibility index (Phi) is 3.93. The summed E-state index contributed by atoms with van der Waals surface area (Å²) in [5.74, 6) is 0. The smallest absolute Gasteiger partial charge is 0.316 e. The maximum atomic E-state index is 10.8. The van der Waals surface area contributed by atoms with E-state index in [1.807, 2.05) is 43.8 Å². The third-order valence-electron chi connectivity index (χ3n) is 3.26. The van der Waals surface area contributed by atoms with Crippen molar-refractivity contribution in [1.82, 2.24) is 9.78 Å². The van der Waals surface area contributed by atoms with Crippen LogP contribution in [0.4, 0.5) is 16.2 Å². The summed E-state index contributed by atoms with van der Waals surface area (Å²) in [5, 5.41) is 10.3. The first-order valence-electron chi connectivity index (χ1n) is 6.37. The average molecular weight is 273 g/mol. The second kappa shape index (κ2) is 5.64. The summed E-state index contributed by atoms with van der Waals surface area (Å²) in [5.41, 5.74) is 10.0. The maximum Gasteiger partial charge on any atom is 0.316 e. The summed E-state index contributed by atoms with van der Waals surface area (Å²) in [4.78, 5) is 10.8. The first-order valence-corrected chi connectivity index (χ1v) is 6.37. The topological polar surface area (TPSA) is 85.0 Å². The maximum absolute atomic E-state index is 10.8. The zero-order valence-electron chi connectivity index (χ0n) is 11.9. The summed E-state index contributed by atoms with van der Waals surface area (Å²) >= 11 is 0. The van der Waals surface area contributed by atoms with E-state index < -0.39 is 6.03 Å². The summed E-state index contributed by atoms with van der Waals surface area (Å²) in [7, 11) is 1.93. The van der Waals surface area contributed by atoms with E-state index in [0.29, 0.717) is 12.2 Å². The molecule has 6 heteroatoms. The molecule has 0 fully saturated rings. The molecule has 106 valence electrons. The number of carbonyl (C=O) groups excluding carboxylic acids is 1. The molecule has 6 nitrogen and oxygen atoms in total. The van der Waals surface area contributed by atoms with Gasteiger partial charge in [0.25, 0.3) is 0 Å². The lowest BCUT2D eigenvalue weighted by atomic mass is 10.2. The molecule has 0 radical (unpaired) electrons. The summed E-state index contributed by atoms with van der Waals surface area (Å²) < 4.78 is 1.87. The van der Waals surface area contributed by atoms with Crippen LogP contribution < -0.4 is 16.4 Å². The number of hydrogen-bond donors (Lipinski definition) is 3. The Morgan fingerprint density at radius 1 is 1.35 bits per heavy atom. The molecule has 0 bridgehead atoms. The molecule has 1 aromatic heterocycles. The van der Waals surface area contributed by atoms with Gasteiger partial charge in [0.15, 0.2) is 0 Å². The minimum Gasteiger partial charge on any atom is -0.381 e. The van der Waals surface area contributed by atoms with Gasteiger partial charge in [-0.25, -0.2) is 4.79 Å². The molecule has 1 aromatic carbocycles. The van der Waals surface area contributed by atoms with Crippen LogP contribution in [0.25, 0.3) is 0 Å². The van der Waals surface area contributed by atoms with Crippen LogP contribution in [0, 0.1) is 13.8 Å². The van der Waals surface area contributed by atoms with Crippen molar-refractivity contribution in [3.63, 3.8) is 0 Å². The minimum absolute atomic E-state index is 0.568. The number of nitrogens with zero attached hydrogens (tertiary/aromatic N) is 2. The largest absolute Gasteiger partial charge is 0.381 e. The molecule has 0 spiro atoms. The summed E-state index contributed by atoms with van der Waals surface area (Å²) in [6, 6.07) is 6.85. The van der Waals surface area contributed by atoms with Gasteiger partial charge in [-0.2, -0.15) is 5.10 Å². The molecule has 2 rings (SSSR count). The van der Waals surface area contributed by atoms with E-state index in [9.17, 15) is 4.79 Å². The third-order valence-corrected chi connectivity index (χ3v) is 3.26. The lowest BCUT2D eigenvalue weighted by Gasteiger charge is -2.09. The van der Waals surface area contributed by atoms with Gasteiger partial charge in [-0.15, -0.1) is 0 Å². The fourth-order valence-electron chi connectivity index (χ4n) is 2.11. The molecule has 4 N–H and O–H groups in total. The second-order valence-electron chi connectivity index (χ2n) is 4.70. The molecule has 0 atom stereocenters. The molecule has 1 heterocycles. The van der Waals surface area contributed by atoms with Crippen LogP contribution in [0.1, 0.15) is 17.0 Å². The average Bonchev–Trinajstić information content (AvgIpc) is 2.61. The van der Waals surface area contributed by atoms with Crippen LogP contribution in [0.3, 0.4) is 0 Å². The molecular weight excluding hydrogens is 254 g/mol. The Bertz CT molecular complexity index is 632. The first-order chi connectivity index (χ1) is 9.47. The predicted octanol–water partition coefficient (Wildman–Crippen LogP) is 2.14. The van der Waals surface area contributed by atoms with Crippen molar-refractivity contribution in [3.8, 4) is 0 Å². The zero-order chi connectivity index (χ0) is 14.7. The molecule has 0 aliphatic carbocycles. The van der Waals surface area contributed by atoms with E-state index in [-0.39, 0.29) is 0 Å². The van der Waals surface area contributed by atoms with Crippen molar-refractivity contribution in [1.29, 1.82) is 0 Å². The normalized spacial score (nSPS) is 10.3. The van der Waals surface area contributed by atoms with E-state index >= 15 is 0 Å². The Hall–Kier alpha value is -2.50. The van der Waals surface area contributed by atoms with Crippen molar-refractivity contribution in [3.05, 3.63) is 41.2 Å². The second-order valence-corrected chi connectivity index (χ2v) is 4.70. The van der Waals surface area contributed by atoms with Gasteiger partial charge in [-0.3, -0.25) is 4.68 Å². The van der Waals surface area contributed by atoms with Gasteiger partial charge in [-0.1, -0.05) is 6.07 Å². The van der Waals surface area contributed by atoms with E-state index in [0.717, 1.165) is 17.1 Å². The lowest BCUT2D eigenvalue weighted by Crippen LogP contribution is -2.19. The number of rotatable bonds is 4. The van der Waals surface area contributed by atoms with Crippen LogP contribution in [0.15, 0.2) is 24.3 Å². The van der Waals surface area contributed by atoms with Crippen LogP contribution >= 0.6 is 0 Å². The van der Waals surface area contributed by atoms with Crippen molar-refractivity contribution in [2.24, 2.45) is 12.8 Å². The summed E-state index contributed by atoms with van der Waals surface area (Å²) in [6.07, 6.45) is 0. The van der Waals surface area contributed by atoms with Gasteiger partial charge >= 0.3 is 6.03 Å². The molecule has 2 aromatic rings. The SMILES string of the molecule is Cc1nn(C)c(C)c1CNc1cccc(NC(N)=O)c1. The standard InChI is InChI=1S/C14H19N5O/c1-9-13(10(2)19(3)18-9)8-16-11-5-4-6-12(7-11)17-14(15)20/h4-7,16H,8H2,1-3H3,(H3,15,17,20). The molecule has 0 saturated carbocycles. The quantitative estimate of drug-likeness (QED) is 0.797. The monoisotopic (exact) mass is 273 g/mol. The predicted molar refractivity (Wildman–Crippen MR) is 79.7 cm³/mol. The molecule has 0 unspecified atom stereocenters. The number of nitrogens with one attached hydrogen (secondary N) is 2. The number of nitrogens with two attached hydrogens (primary N) is 1. The lowest BCUT2D eigenvalue weighted by molar-refractivity contribution is 0.259. The van der Waals surface area contributed by atoms with Crippen molar-refractivity contribution >= 4 is 17.4 Å². The fourth-order valence-corrected chi connectivity index (χ4v) is 2.11. The van der Waals surface area contributed by atoms with Gasteiger partial charge in [0.05, 0.1) is 5.69 Å². The van der Waals surface area contributed by atoms with E-state index in [1.165, 1.54) is 5.56 Å². The van der Waals surface area contributed by atoms with Gasteiger partial charge in [0.2, 0.25) is 0 Å². The third kappa shape index (κ3) is 3.09. The van der Waals surface area contributed by atoms with Gasteiger partial charge < -0.3 is 16.4 Å². The number of aromatic nitrogens is 2. The highest BCUT2D eigenvalue weighted by molar-refractivity contribution is 5.88. The Balaban J connectivity index is 2.09. The minimum atomic E-state index is -0.568. The van der Waals surface area contributed by atoms with E-state index in [2.05, 4.69) is 15.7 Å². The first kappa shape index (κ1) is 13.9. The van der Waals surface area contributed by atoms with Gasteiger partial charge in [0, 0.05) is 36.2 Å². The van der Waals surface area contributed by atoms with Crippen LogP contribution in [-0.4, -0.2) is 15.8 Å². The number of aryl methyl sites for hydroxylation is 2. The van der Waals surface area contributed by atoms with E-state index in [1.54, 1.807) is 6.07 Å². The van der Waals surface area contributed by atoms with E-state index in [4.69, 9.17) is 5.73 Å². The van der Waals surface area contributed by atoms with Gasteiger partial charge in [-0.05, 0) is 32.0 Å². The summed E-state index contributed by atoms with van der Waals surface area (Å²) in [6.45, 7) is 4.72. The number of amides is 2. The molecule has 0 saturated heterocycles. The highest BCUT2D eigenvalue weighted by Gasteiger charge is 2.08. The Labute approximate surface area is 118 Å². The number of carbonyl (C=O) groups is 1. The Morgan fingerprint density at radius 3 is 2.65 bits per heavy atom. The number of urea groups is 1. The fraction of sp³-hybridized carbons (Fsp3) is 0.286. The van der Waals surface area contributed by atoms with Crippen molar-refractivity contribution in [2.75, 3.05) is 10.6 Å². The number of primary amides is 1. The molecular formula is C14H19N5O. The zero-order valence-corrected chi connectivity index (χ0v) is 11.9. The number of anilines is 2. The van der Waals surface area contributed by atoms with Crippen molar-refractivity contribution < 1.29 is 4.79 Å². The van der Waals surface area contributed by atoms with Gasteiger partial charge in [0.1, 0.15) is 0 Å². The van der Waals surface area contributed by atoms with Crippen LogP contribution in [0.2, 0.25) is 0 Å². The van der Waals surface area contributed by atoms with Crippen molar-refractivity contribution in [2.45, 2.75) is 20.4 Å². The molecule has 20 heavy (non-hydrogen) atoms. The molecule has 0 aliphatic heterocycles. The molecule has 0 aliphatic rings.